The first-order valence-electron chi connectivity index (χ1n) is 6.66. The summed E-state index contributed by atoms with van der Waals surface area (Å²) in [5.74, 6) is -0.947. The van der Waals surface area contributed by atoms with Crippen LogP contribution in [0.2, 0.25) is 5.02 Å². The van der Waals surface area contributed by atoms with Crippen LogP contribution in [0.3, 0.4) is 0 Å². The van der Waals surface area contributed by atoms with E-state index in [0.717, 1.165) is 6.07 Å². The molecule has 7 heteroatoms. The first-order chi connectivity index (χ1) is 10.1. The quantitative estimate of drug-likeness (QED) is 0.915. The zero-order valence-corrected chi connectivity index (χ0v) is 12.2. The van der Waals surface area contributed by atoms with E-state index in [1.54, 1.807) is 4.90 Å². The van der Waals surface area contributed by atoms with Gasteiger partial charge in [-0.25, -0.2) is 4.39 Å². The van der Waals surface area contributed by atoms with Crippen LogP contribution in [-0.4, -0.2) is 49.6 Å². The summed E-state index contributed by atoms with van der Waals surface area (Å²) < 4.78 is 18.1. The Hall–Kier alpha value is -1.66. The zero-order chi connectivity index (χ0) is 15.2. The number of rotatable bonds is 4. The van der Waals surface area contributed by atoms with Crippen molar-refractivity contribution >= 4 is 23.4 Å². The Morgan fingerprint density at radius 2 is 2.05 bits per heavy atom. The van der Waals surface area contributed by atoms with Crippen molar-refractivity contribution in [3.8, 4) is 0 Å². The summed E-state index contributed by atoms with van der Waals surface area (Å²) in [4.78, 5) is 25.5. The van der Waals surface area contributed by atoms with Gasteiger partial charge in [0.25, 0.3) is 5.91 Å². The zero-order valence-electron chi connectivity index (χ0n) is 11.4. The number of carbonyl (C=O) groups excluding carboxylic acids is 2. The second kappa shape index (κ2) is 7.38. The minimum atomic E-state index is -0.501. The second-order valence-corrected chi connectivity index (χ2v) is 5.03. The summed E-state index contributed by atoms with van der Waals surface area (Å²) in [6.07, 6.45) is 0.213. The van der Waals surface area contributed by atoms with E-state index in [1.807, 2.05) is 0 Å². The third kappa shape index (κ3) is 4.41. The lowest BCUT2D eigenvalue weighted by Crippen LogP contribution is -2.42. The minimum Gasteiger partial charge on any atom is -0.378 e. The molecule has 1 aliphatic heterocycles. The predicted molar refractivity (Wildman–Crippen MR) is 75.8 cm³/mol. The van der Waals surface area contributed by atoms with Crippen LogP contribution in [0, 0.1) is 5.82 Å². The third-order valence-corrected chi connectivity index (χ3v) is 3.48. The summed E-state index contributed by atoms with van der Waals surface area (Å²) in [6.45, 7) is 2.46. The highest BCUT2D eigenvalue weighted by atomic mass is 35.5. The van der Waals surface area contributed by atoms with Gasteiger partial charge in [0.1, 0.15) is 5.82 Å². The molecule has 1 aromatic carbocycles. The molecule has 1 fully saturated rings. The van der Waals surface area contributed by atoms with Crippen molar-refractivity contribution in [1.29, 1.82) is 0 Å². The lowest BCUT2D eigenvalue weighted by Gasteiger charge is -2.26. The van der Waals surface area contributed by atoms with Crippen molar-refractivity contribution in [3.63, 3.8) is 0 Å². The van der Waals surface area contributed by atoms with Gasteiger partial charge < -0.3 is 15.0 Å². The van der Waals surface area contributed by atoms with Crippen molar-refractivity contribution in [3.05, 3.63) is 34.6 Å². The summed E-state index contributed by atoms with van der Waals surface area (Å²) in [6, 6.07) is 3.56. The van der Waals surface area contributed by atoms with Gasteiger partial charge >= 0.3 is 0 Å². The number of nitrogens with zero attached hydrogens (tertiary/aromatic N) is 1. The van der Waals surface area contributed by atoms with Crippen molar-refractivity contribution in [2.24, 2.45) is 0 Å². The molecule has 1 aliphatic rings. The van der Waals surface area contributed by atoms with Gasteiger partial charge in [0.2, 0.25) is 5.91 Å². The van der Waals surface area contributed by atoms with Crippen LogP contribution in [0.25, 0.3) is 0 Å². The summed E-state index contributed by atoms with van der Waals surface area (Å²) in [5, 5.41) is 2.65. The van der Waals surface area contributed by atoms with Crippen LogP contribution in [0.4, 0.5) is 4.39 Å². The molecule has 0 spiro atoms. The summed E-state index contributed by atoms with van der Waals surface area (Å²) in [5.41, 5.74) is 0.192. The first-order valence-corrected chi connectivity index (χ1v) is 7.04. The van der Waals surface area contributed by atoms with Crippen molar-refractivity contribution < 1.29 is 18.7 Å². The van der Waals surface area contributed by atoms with Crippen LogP contribution < -0.4 is 5.32 Å². The van der Waals surface area contributed by atoms with Crippen molar-refractivity contribution in [1.82, 2.24) is 10.2 Å². The number of benzene rings is 1. The van der Waals surface area contributed by atoms with E-state index in [1.165, 1.54) is 12.1 Å². The molecule has 0 bridgehead atoms. The predicted octanol–water partition coefficient (Wildman–Crippen LogP) is 1.46. The Morgan fingerprint density at radius 1 is 1.33 bits per heavy atom. The van der Waals surface area contributed by atoms with E-state index in [2.05, 4.69) is 5.32 Å². The van der Waals surface area contributed by atoms with Crippen LogP contribution in [0.15, 0.2) is 18.2 Å². The number of hydrogen-bond donors (Lipinski definition) is 1. The number of amides is 2. The molecule has 2 rings (SSSR count). The maximum atomic E-state index is 12.9. The smallest absolute Gasteiger partial charge is 0.252 e. The van der Waals surface area contributed by atoms with Crippen LogP contribution in [-0.2, 0) is 9.53 Å². The minimum absolute atomic E-state index is 0.0243. The number of hydrogen-bond acceptors (Lipinski definition) is 3. The van der Waals surface area contributed by atoms with Gasteiger partial charge in [-0.2, -0.15) is 0 Å². The molecule has 1 aromatic rings. The topological polar surface area (TPSA) is 58.6 Å². The third-order valence-electron chi connectivity index (χ3n) is 3.16. The first kappa shape index (κ1) is 15.7. The fourth-order valence-electron chi connectivity index (χ4n) is 2.02. The van der Waals surface area contributed by atoms with E-state index in [-0.39, 0.29) is 29.5 Å². The van der Waals surface area contributed by atoms with Crippen LogP contribution in [0.1, 0.15) is 16.8 Å². The number of carbonyl (C=O) groups is 2. The molecule has 114 valence electrons. The van der Waals surface area contributed by atoms with Crippen LogP contribution in [0.5, 0.6) is 0 Å². The molecule has 0 aromatic heterocycles. The highest BCUT2D eigenvalue weighted by Gasteiger charge is 2.17. The molecular weight excluding hydrogens is 299 g/mol. The molecule has 2 amide bonds. The molecule has 0 atom stereocenters. The lowest BCUT2D eigenvalue weighted by atomic mass is 10.2. The van der Waals surface area contributed by atoms with Crippen LogP contribution >= 0.6 is 11.6 Å². The Bertz CT molecular complexity index is 533. The number of nitrogens with one attached hydrogen (secondary N) is 1. The highest BCUT2D eigenvalue weighted by molar-refractivity contribution is 6.33. The Labute approximate surface area is 127 Å². The van der Waals surface area contributed by atoms with Crippen molar-refractivity contribution in [2.45, 2.75) is 6.42 Å². The molecule has 0 unspecified atom stereocenters. The average Bonchev–Trinajstić information content (AvgIpc) is 2.47. The Morgan fingerprint density at radius 3 is 2.71 bits per heavy atom. The van der Waals surface area contributed by atoms with E-state index >= 15 is 0 Å². The summed E-state index contributed by atoms with van der Waals surface area (Å²) in [7, 11) is 0. The molecule has 1 N–H and O–H groups in total. The van der Waals surface area contributed by atoms with Gasteiger partial charge in [-0.3, -0.25) is 9.59 Å². The molecule has 0 radical (unpaired) electrons. The van der Waals surface area contributed by atoms with Gasteiger partial charge in [-0.1, -0.05) is 11.6 Å². The van der Waals surface area contributed by atoms with Gasteiger partial charge in [0, 0.05) is 26.1 Å². The fraction of sp³-hybridized carbons (Fsp3) is 0.429. The normalized spacial score (nSPS) is 14.9. The lowest BCUT2D eigenvalue weighted by molar-refractivity contribution is -0.135. The highest BCUT2D eigenvalue weighted by Crippen LogP contribution is 2.16. The largest absolute Gasteiger partial charge is 0.378 e. The number of ether oxygens (including phenoxy) is 1. The Kier molecular flexibility index (Phi) is 5.52. The SMILES string of the molecule is O=C(NCCC(=O)N1CCOCC1)c1ccc(F)cc1Cl. The molecule has 1 saturated heterocycles. The molecular formula is C14H16ClFN2O3. The molecule has 0 aliphatic carbocycles. The maximum absolute atomic E-state index is 12.9. The van der Waals surface area contributed by atoms with E-state index in [4.69, 9.17) is 16.3 Å². The molecule has 0 saturated carbocycles. The monoisotopic (exact) mass is 314 g/mol. The van der Waals surface area contributed by atoms with Gasteiger partial charge in [0.15, 0.2) is 0 Å². The fourth-order valence-corrected chi connectivity index (χ4v) is 2.28. The van der Waals surface area contributed by atoms with Crippen molar-refractivity contribution in [2.75, 3.05) is 32.8 Å². The number of halogens is 2. The second-order valence-electron chi connectivity index (χ2n) is 4.62. The van der Waals surface area contributed by atoms with Gasteiger partial charge in [0.05, 0.1) is 23.8 Å². The van der Waals surface area contributed by atoms with E-state index in [9.17, 15) is 14.0 Å². The van der Waals surface area contributed by atoms with E-state index < -0.39 is 11.7 Å². The van der Waals surface area contributed by atoms with Gasteiger partial charge in [-0.15, -0.1) is 0 Å². The van der Waals surface area contributed by atoms with E-state index in [0.29, 0.717) is 26.3 Å². The maximum Gasteiger partial charge on any atom is 0.252 e. The Balaban J connectivity index is 1.79. The molecule has 1 heterocycles. The molecule has 5 nitrogen and oxygen atoms in total. The van der Waals surface area contributed by atoms with Gasteiger partial charge in [-0.05, 0) is 18.2 Å². The standard InChI is InChI=1S/C14H16ClFN2O3/c15-12-9-10(16)1-2-11(12)14(20)17-4-3-13(19)18-5-7-21-8-6-18/h1-2,9H,3-8H2,(H,17,20). The average molecular weight is 315 g/mol. The number of morpholine rings is 1. The summed E-state index contributed by atoms with van der Waals surface area (Å²) >= 11 is 5.80. The molecule has 21 heavy (non-hydrogen) atoms.